The number of benzene rings is 2. The van der Waals surface area contributed by atoms with E-state index in [9.17, 15) is 4.79 Å². The second kappa shape index (κ2) is 8.29. The monoisotopic (exact) mass is 436 g/mol. The van der Waals surface area contributed by atoms with Crippen molar-refractivity contribution in [3.05, 3.63) is 65.0 Å². The standard InChI is InChI=1S/C21H20N6OS2/c1-4-17-24-25-21-27(17)26-19(30-21)15-9-10-16(13(3)11-15)22-20(29)23-18(28)14-7-5-12(2)6-8-14/h5-11H,4H2,1-3H3,(H2,22,23,28,29). The molecular formula is C21H20N6OS2. The van der Waals surface area contributed by atoms with Crippen LogP contribution in [0.15, 0.2) is 42.5 Å². The predicted octanol–water partition coefficient (Wildman–Crippen LogP) is 4.16. The zero-order valence-electron chi connectivity index (χ0n) is 16.8. The molecule has 0 radical (unpaired) electrons. The number of anilines is 1. The van der Waals surface area contributed by atoms with Gasteiger partial charge >= 0.3 is 0 Å². The van der Waals surface area contributed by atoms with Crippen LogP contribution in [0, 0.1) is 13.8 Å². The summed E-state index contributed by atoms with van der Waals surface area (Å²) in [6, 6.07) is 13.3. The molecule has 0 fully saturated rings. The summed E-state index contributed by atoms with van der Waals surface area (Å²) in [5.41, 5.74) is 4.46. The highest BCUT2D eigenvalue weighted by Crippen LogP contribution is 2.28. The van der Waals surface area contributed by atoms with Gasteiger partial charge in [-0.3, -0.25) is 10.1 Å². The van der Waals surface area contributed by atoms with Crippen LogP contribution < -0.4 is 10.6 Å². The van der Waals surface area contributed by atoms with Gasteiger partial charge in [-0.05, 0) is 62.0 Å². The Labute approximate surface area is 183 Å². The first kappa shape index (κ1) is 20.1. The van der Waals surface area contributed by atoms with Crippen LogP contribution in [0.2, 0.25) is 0 Å². The molecule has 0 aliphatic rings. The van der Waals surface area contributed by atoms with E-state index in [1.165, 1.54) is 11.3 Å². The molecule has 7 nitrogen and oxygen atoms in total. The Balaban J connectivity index is 1.47. The Bertz CT molecular complexity index is 1240. The summed E-state index contributed by atoms with van der Waals surface area (Å²) in [7, 11) is 0. The van der Waals surface area contributed by atoms with E-state index in [0.717, 1.165) is 44.6 Å². The van der Waals surface area contributed by atoms with Crippen molar-refractivity contribution in [2.75, 3.05) is 5.32 Å². The van der Waals surface area contributed by atoms with Gasteiger partial charge in [0.25, 0.3) is 5.91 Å². The van der Waals surface area contributed by atoms with E-state index in [2.05, 4.69) is 25.9 Å². The van der Waals surface area contributed by atoms with Crippen molar-refractivity contribution < 1.29 is 4.79 Å². The van der Waals surface area contributed by atoms with Crippen molar-refractivity contribution in [1.82, 2.24) is 25.1 Å². The molecule has 152 valence electrons. The van der Waals surface area contributed by atoms with Crippen LogP contribution in [0.4, 0.5) is 5.69 Å². The van der Waals surface area contributed by atoms with Crippen molar-refractivity contribution in [2.24, 2.45) is 0 Å². The number of carbonyl (C=O) groups is 1. The molecule has 2 heterocycles. The predicted molar refractivity (Wildman–Crippen MR) is 123 cm³/mol. The number of fused-ring (bicyclic) bond motifs is 1. The number of nitrogens with one attached hydrogen (secondary N) is 2. The lowest BCUT2D eigenvalue weighted by Gasteiger charge is -2.12. The Morgan fingerprint density at radius 3 is 2.60 bits per heavy atom. The molecule has 1 amide bonds. The fraction of sp³-hybridized carbons (Fsp3) is 0.190. The highest BCUT2D eigenvalue weighted by atomic mass is 32.1. The van der Waals surface area contributed by atoms with Gasteiger partial charge in [-0.1, -0.05) is 36.0 Å². The van der Waals surface area contributed by atoms with Crippen LogP contribution in [0.3, 0.4) is 0 Å². The molecule has 2 aromatic heterocycles. The third-order valence-corrected chi connectivity index (χ3v) is 5.79. The topological polar surface area (TPSA) is 84.2 Å². The van der Waals surface area contributed by atoms with Crippen LogP contribution in [-0.4, -0.2) is 30.8 Å². The molecule has 0 saturated carbocycles. The van der Waals surface area contributed by atoms with Gasteiger partial charge in [-0.15, -0.1) is 10.2 Å². The Morgan fingerprint density at radius 2 is 1.90 bits per heavy atom. The molecule has 9 heteroatoms. The minimum Gasteiger partial charge on any atom is -0.332 e. The van der Waals surface area contributed by atoms with Crippen molar-refractivity contribution in [3.63, 3.8) is 0 Å². The number of thiocarbonyl (C=S) groups is 1. The van der Waals surface area contributed by atoms with Crippen LogP contribution in [0.25, 0.3) is 15.5 Å². The molecular weight excluding hydrogens is 416 g/mol. The summed E-state index contributed by atoms with van der Waals surface area (Å²) < 4.78 is 1.79. The highest BCUT2D eigenvalue weighted by Gasteiger charge is 2.13. The molecule has 0 atom stereocenters. The largest absolute Gasteiger partial charge is 0.332 e. The van der Waals surface area contributed by atoms with E-state index < -0.39 is 0 Å². The summed E-state index contributed by atoms with van der Waals surface area (Å²) in [6.07, 6.45) is 0.776. The minimum absolute atomic E-state index is 0.242. The lowest BCUT2D eigenvalue weighted by atomic mass is 10.1. The average molecular weight is 437 g/mol. The molecule has 0 spiro atoms. The Kier molecular flexibility index (Phi) is 5.56. The quantitative estimate of drug-likeness (QED) is 0.468. The molecule has 0 aliphatic carbocycles. The molecule has 30 heavy (non-hydrogen) atoms. The van der Waals surface area contributed by atoms with E-state index in [0.29, 0.717) is 5.56 Å². The SMILES string of the molecule is CCc1nnc2sc(-c3ccc(NC(=S)NC(=O)c4ccc(C)cc4)c(C)c3)nn12. The van der Waals surface area contributed by atoms with E-state index >= 15 is 0 Å². The maximum atomic E-state index is 12.3. The van der Waals surface area contributed by atoms with Crippen molar-refractivity contribution in [2.45, 2.75) is 27.2 Å². The first-order valence-electron chi connectivity index (χ1n) is 9.45. The maximum Gasteiger partial charge on any atom is 0.257 e. The third kappa shape index (κ3) is 4.07. The minimum atomic E-state index is -0.242. The third-order valence-electron chi connectivity index (χ3n) is 4.63. The van der Waals surface area contributed by atoms with E-state index in [1.807, 2.05) is 51.1 Å². The second-order valence-corrected chi connectivity index (χ2v) is 8.24. The summed E-state index contributed by atoms with van der Waals surface area (Å²) in [5, 5.41) is 19.9. The maximum absolute atomic E-state index is 12.3. The van der Waals surface area contributed by atoms with Crippen LogP contribution >= 0.6 is 23.6 Å². The van der Waals surface area contributed by atoms with E-state index in [-0.39, 0.29) is 11.0 Å². The van der Waals surface area contributed by atoms with E-state index in [1.54, 1.807) is 16.6 Å². The van der Waals surface area contributed by atoms with Crippen molar-refractivity contribution >= 4 is 45.2 Å². The molecule has 4 aromatic rings. The summed E-state index contributed by atoms with van der Waals surface area (Å²) in [6.45, 7) is 5.98. The number of aryl methyl sites for hydroxylation is 3. The molecule has 0 bridgehead atoms. The van der Waals surface area contributed by atoms with Crippen molar-refractivity contribution in [3.8, 4) is 10.6 Å². The van der Waals surface area contributed by atoms with Gasteiger partial charge in [-0.2, -0.15) is 9.61 Å². The van der Waals surface area contributed by atoms with Gasteiger partial charge in [0.1, 0.15) is 5.01 Å². The summed E-state index contributed by atoms with van der Waals surface area (Å²) >= 11 is 6.81. The molecule has 2 N–H and O–H groups in total. The highest BCUT2D eigenvalue weighted by molar-refractivity contribution is 7.80. The summed E-state index contributed by atoms with van der Waals surface area (Å²) in [5.74, 6) is 0.602. The van der Waals surface area contributed by atoms with Gasteiger partial charge in [0.15, 0.2) is 10.9 Å². The Morgan fingerprint density at radius 1 is 1.13 bits per heavy atom. The Hall–Kier alpha value is -3.17. The van der Waals surface area contributed by atoms with Gasteiger partial charge in [0.2, 0.25) is 4.96 Å². The summed E-state index contributed by atoms with van der Waals surface area (Å²) in [4.78, 5) is 13.1. The number of aromatic nitrogens is 4. The number of carbonyl (C=O) groups excluding carboxylic acids is 1. The van der Waals surface area contributed by atoms with Crippen molar-refractivity contribution in [1.29, 1.82) is 0 Å². The first-order chi connectivity index (χ1) is 14.4. The number of amides is 1. The number of hydrogen-bond acceptors (Lipinski definition) is 6. The molecule has 0 saturated heterocycles. The van der Waals surface area contributed by atoms with Gasteiger partial charge in [-0.25, -0.2) is 0 Å². The number of hydrogen-bond donors (Lipinski definition) is 2. The normalized spacial score (nSPS) is 10.9. The molecule has 2 aromatic carbocycles. The van der Waals surface area contributed by atoms with Crippen LogP contribution in [0.5, 0.6) is 0 Å². The zero-order valence-corrected chi connectivity index (χ0v) is 18.4. The molecule has 4 rings (SSSR count). The van der Waals surface area contributed by atoms with Crippen LogP contribution in [0.1, 0.15) is 34.2 Å². The average Bonchev–Trinajstić information content (AvgIpc) is 3.30. The van der Waals surface area contributed by atoms with Gasteiger partial charge in [0, 0.05) is 23.2 Å². The lowest BCUT2D eigenvalue weighted by molar-refractivity contribution is 0.0977. The number of rotatable bonds is 4. The first-order valence-corrected chi connectivity index (χ1v) is 10.7. The fourth-order valence-corrected chi connectivity index (χ4v) is 4.02. The zero-order chi connectivity index (χ0) is 21.3. The molecule has 0 aliphatic heterocycles. The number of nitrogens with zero attached hydrogens (tertiary/aromatic N) is 4. The fourth-order valence-electron chi connectivity index (χ4n) is 2.97. The van der Waals surface area contributed by atoms with E-state index in [4.69, 9.17) is 12.2 Å². The second-order valence-electron chi connectivity index (χ2n) is 6.88. The lowest BCUT2D eigenvalue weighted by Crippen LogP contribution is -2.34. The van der Waals surface area contributed by atoms with Gasteiger partial charge < -0.3 is 5.32 Å². The molecule has 0 unspecified atom stereocenters. The smallest absolute Gasteiger partial charge is 0.257 e. The van der Waals surface area contributed by atoms with Gasteiger partial charge in [0.05, 0.1) is 0 Å². The van der Waals surface area contributed by atoms with Crippen LogP contribution in [-0.2, 0) is 6.42 Å².